The van der Waals surface area contributed by atoms with Crippen LogP contribution >= 0.6 is 11.6 Å². The SMILES string of the molecule is Cc1ccc(OCC(=O)N2CCC3(CC2)CC(=O)c2c(cc(C)c(Cl)c2C)O3)cc1C. The van der Waals surface area contributed by atoms with Crippen LogP contribution in [0.2, 0.25) is 5.02 Å². The highest BCUT2D eigenvalue weighted by atomic mass is 35.5. The molecule has 2 heterocycles. The number of benzene rings is 2. The summed E-state index contributed by atoms with van der Waals surface area (Å²) in [5.74, 6) is 1.34. The number of aryl methyl sites for hydroxylation is 3. The predicted octanol–water partition coefficient (Wildman–Crippen LogP) is 4.98. The van der Waals surface area contributed by atoms with Gasteiger partial charge >= 0.3 is 0 Å². The van der Waals surface area contributed by atoms with Gasteiger partial charge in [-0.25, -0.2) is 0 Å². The van der Waals surface area contributed by atoms with E-state index in [0.29, 0.717) is 54.4 Å². The first-order chi connectivity index (χ1) is 14.7. The van der Waals surface area contributed by atoms with Crippen molar-refractivity contribution in [3.05, 3.63) is 57.1 Å². The Kier molecular flexibility index (Phi) is 5.73. The summed E-state index contributed by atoms with van der Waals surface area (Å²) < 4.78 is 12.1. The average molecular weight is 442 g/mol. The van der Waals surface area contributed by atoms with Crippen LogP contribution in [0.15, 0.2) is 24.3 Å². The third kappa shape index (κ3) is 4.16. The summed E-state index contributed by atoms with van der Waals surface area (Å²) in [5.41, 5.74) is 4.06. The number of ether oxygens (including phenoxy) is 2. The van der Waals surface area contributed by atoms with Crippen molar-refractivity contribution in [2.75, 3.05) is 19.7 Å². The summed E-state index contributed by atoms with van der Waals surface area (Å²) in [4.78, 5) is 27.4. The Morgan fingerprint density at radius 2 is 1.81 bits per heavy atom. The number of carbonyl (C=O) groups excluding carboxylic acids is 2. The first-order valence-corrected chi connectivity index (χ1v) is 11.1. The van der Waals surface area contributed by atoms with Gasteiger partial charge in [0.25, 0.3) is 5.91 Å². The minimum Gasteiger partial charge on any atom is -0.486 e. The van der Waals surface area contributed by atoms with Gasteiger partial charge in [0, 0.05) is 31.0 Å². The summed E-state index contributed by atoms with van der Waals surface area (Å²) in [6.07, 6.45) is 1.56. The van der Waals surface area contributed by atoms with Gasteiger partial charge in [0.15, 0.2) is 12.4 Å². The van der Waals surface area contributed by atoms with Crippen LogP contribution in [-0.2, 0) is 4.79 Å². The summed E-state index contributed by atoms with van der Waals surface area (Å²) in [5, 5.41) is 0.621. The maximum atomic E-state index is 12.9. The molecule has 4 rings (SSSR count). The molecule has 2 aromatic rings. The molecule has 5 nitrogen and oxygen atoms in total. The molecule has 2 aliphatic rings. The Bertz CT molecular complexity index is 1050. The van der Waals surface area contributed by atoms with Crippen LogP contribution in [0.3, 0.4) is 0 Å². The smallest absolute Gasteiger partial charge is 0.260 e. The molecule has 1 fully saturated rings. The van der Waals surface area contributed by atoms with E-state index >= 15 is 0 Å². The molecule has 0 N–H and O–H groups in total. The normalized spacial score (nSPS) is 17.3. The van der Waals surface area contributed by atoms with Gasteiger partial charge in [-0.3, -0.25) is 9.59 Å². The Balaban J connectivity index is 1.39. The van der Waals surface area contributed by atoms with Crippen molar-refractivity contribution in [2.45, 2.75) is 52.6 Å². The van der Waals surface area contributed by atoms with Crippen molar-refractivity contribution in [3.63, 3.8) is 0 Å². The Hall–Kier alpha value is -2.53. The molecule has 2 aromatic carbocycles. The largest absolute Gasteiger partial charge is 0.486 e. The van der Waals surface area contributed by atoms with Gasteiger partial charge in [-0.05, 0) is 68.1 Å². The van der Waals surface area contributed by atoms with Gasteiger partial charge in [0.2, 0.25) is 0 Å². The summed E-state index contributed by atoms with van der Waals surface area (Å²) >= 11 is 6.34. The number of ketones is 1. The lowest BCUT2D eigenvalue weighted by Crippen LogP contribution is -2.53. The predicted molar refractivity (Wildman–Crippen MR) is 120 cm³/mol. The molecular formula is C25H28ClNO4. The molecule has 0 aliphatic carbocycles. The van der Waals surface area contributed by atoms with Crippen LogP contribution in [0.5, 0.6) is 11.5 Å². The number of nitrogens with zero attached hydrogens (tertiary/aromatic N) is 1. The lowest BCUT2D eigenvalue weighted by molar-refractivity contribution is -0.136. The molecule has 0 bridgehead atoms. The van der Waals surface area contributed by atoms with E-state index < -0.39 is 5.60 Å². The highest BCUT2D eigenvalue weighted by Gasteiger charge is 2.44. The minimum absolute atomic E-state index is 0.00894. The molecule has 0 saturated carbocycles. The van der Waals surface area contributed by atoms with Crippen LogP contribution < -0.4 is 9.47 Å². The summed E-state index contributed by atoms with van der Waals surface area (Å²) in [6.45, 7) is 8.95. The first-order valence-electron chi connectivity index (χ1n) is 10.7. The number of hydrogen-bond acceptors (Lipinski definition) is 4. The van der Waals surface area contributed by atoms with Gasteiger partial charge in [0.1, 0.15) is 17.1 Å². The van der Waals surface area contributed by atoms with Crippen LogP contribution in [0.1, 0.15) is 51.9 Å². The van der Waals surface area contributed by atoms with Gasteiger partial charge in [-0.2, -0.15) is 0 Å². The van der Waals surface area contributed by atoms with E-state index in [1.54, 1.807) is 4.90 Å². The molecule has 31 heavy (non-hydrogen) atoms. The van der Waals surface area contributed by atoms with Gasteiger partial charge in [-0.15, -0.1) is 0 Å². The monoisotopic (exact) mass is 441 g/mol. The summed E-state index contributed by atoms with van der Waals surface area (Å²) in [6, 6.07) is 7.68. The molecule has 6 heteroatoms. The van der Waals surface area contributed by atoms with Crippen molar-refractivity contribution in [1.29, 1.82) is 0 Å². The van der Waals surface area contributed by atoms with E-state index in [1.165, 1.54) is 5.56 Å². The Morgan fingerprint density at radius 3 is 2.48 bits per heavy atom. The van der Waals surface area contributed by atoms with E-state index in [1.807, 2.05) is 52.0 Å². The van der Waals surface area contributed by atoms with Crippen molar-refractivity contribution in [1.82, 2.24) is 4.90 Å². The molecule has 2 aliphatic heterocycles. The van der Waals surface area contributed by atoms with Crippen molar-refractivity contribution >= 4 is 23.3 Å². The third-order valence-corrected chi connectivity index (χ3v) is 7.18. The Labute approximate surface area is 188 Å². The number of piperidine rings is 1. The van der Waals surface area contributed by atoms with E-state index in [0.717, 1.165) is 16.7 Å². The first kappa shape index (κ1) is 21.7. The van der Waals surface area contributed by atoms with E-state index in [9.17, 15) is 9.59 Å². The van der Waals surface area contributed by atoms with E-state index in [4.69, 9.17) is 21.1 Å². The molecule has 0 unspecified atom stereocenters. The van der Waals surface area contributed by atoms with Gasteiger partial charge in [0.05, 0.1) is 12.0 Å². The number of fused-ring (bicyclic) bond motifs is 1. The van der Waals surface area contributed by atoms with E-state index in [-0.39, 0.29) is 18.3 Å². The van der Waals surface area contributed by atoms with Crippen LogP contribution in [-0.4, -0.2) is 41.9 Å². The zero-order valence-electron chi connectivity index (χ0n) is 18.5. The van der Waals surface area contributed by atoms with Crippen molar-refractivity contribution < 1.29 is 19.1 Å². The van der Waals surface area contributed by atoms with Crippen LogP contribution in [0.4, 0.5) is 0 Å². The second-order valence-corrected chi connectivity index (χ2v) is 9.18. The van der Waals surface area contributed by atoms with Gasteiger partial charge < -0.3 is 14.4 Å². The zero-order chi connectivity index (χ0) is 22.3. The molecule has 1 saturated heterocycles. The number of Topliss-reactive ketones (excluding diaryl/α,β-unsaturated/α-hetero) is 1. The molecule has 164 valence electrons. The number of carbonyl (C=O) groups is 2. The fourth-order valence-corrected chi connectivity index (χ4v) is 4.63. The molecule has 0 radical (unpaired) electrons. The molecule has 1 amide bonds. The number of hydrogen-bond donors (Lipinski definition) is 0. The third-order valence-electron chi connectivity index (χ3n) is 6.60. The van der Waals surface area contributed by atoms with Crippen LogP contribution in [0.25, 0.3) is 0 Å². The average Bonchev–Trinajstić information content (AvgIpc) is 2.73. The quantitative estimate of drug-likeness (QED) is 0.674. The molecule has 0 atom stereocenters. The Morgan fingerprint density at radius 1 is 1.10 bits per heavy atom. The summed E-state index contributed by atoms with van der Waals surface area (Å²) in [7, 11) is 0. The topological polar surface area (TPSA) is 55.8 Å². The van der Waals surface area contributed by atoms with Crippen molar-refractivity contribution in [2.24, 2.45) is 0 Å². The van der Waals surface area contributed by atoms with Gasteiger partial charge in [-0.1, -0.05) is 17.7 Å². The fraction of sp³-hybridized carbons (Fsp3) is 0.440. The number of halogens is 1. The lowest BCUT2D eigenvalue weighted by Gasteiger charge is -2.44. The maximum absolute atomic E-state index is 12.9. The second kappa shape index (κ2) is 8.19. The number of amides is 1. The highest BCUT2D eigenvalue weighted by molar-refractivity contribution is 6.32. The minimum atomic E-state index is -0.553. The lowest BCUT2D eigenvalue weighted by atomic mass is 9.81. The fourth-order valence-electron chi connectivity index (χ4n) is 4.48. The number of rotatable bonds is 3. The maximum Gasteiger partial charge on any atom is 0.260 e. The molecular weight excluding hydrogens is 414 g/mol. The van der Waals surface area contributed by atoms with Crippen molar-refractivity contribution in [3.8, 4) is 11.5 Å². The molecule has 0 aromatic heterocycles. The standard InChI is InChI=1S/C25H28ClNO4/c1-15-5-6-19(11-16(15)2)30-14-22(29)27-9-7-25(8-10-27)13-20(28)23-18(4)24(26)17(3)12-21(23)31-25/h5-6,11-12H,7-10,13-14H2,1-4H3. The second-order valence-electron chi connectivity index (χ2n) is 8.81. The van der Waals surface area contributed by atoms with Crippen LogP contribution in [0, 0.1) is 27.7 Å². The highest BCUT2D eigenvalue weighted by Crippen LogP contribution is 2.43. The molecule has 1 spiro atoms. The van der Waals surface area contributed by atoms with E-state index in [2.05, 4.69) is 0 Å². The zero-order valence-corrected chi connectivity index (χ0v) is 19.3. The number of likely N-dealkylation sites (tertiary alicyclic amines) is 1.